The lowest BCUT2D eigenvalue weighted by atomic mass is 9.85. The quantitative estimate of drug-likeness (QED) is 0.178. The molecule has 0 aliphatic heterocycles. The van der Waals surface area contributed by atoms with Gasteiger partial charge in [0.05, 0.1) is 0 Å². The molecule has 0 unspecified atom stereocenters. The Morgan fingerprint density at radius 1 is 0.217 bits per heavy atom. The fourth-order valence-electron chi connectivity index (χ4n) is 7.96. The zero-order valence-corrected chi connectivity index (χ0v) is 25.2. The molecule has 0 nitrogen and oxygen atoms in total. The van der Waals surface area contributed by atoms with E-state index in [-0.39, 0.29) is 0 Å². The lowest BCUT2D eigenvalue weighted by Gasteiger charge is -2.18. The minimum atomic E-state index is 1.24. The van der Waals surface area contributed by atoms with Crippen molar-refractivity contribution in [3.8, 4) is 22.3 Å². The van der Waals surface area contributed by atoms with Crippen molar-refractivity contribution in [3.63, 3.8) is 0 Å². The first-order valence-electron chi connectivity index (χ1n) is 16.0. The van der Waals surface area contributed by atoms with Crippen molar-refractivity contribution in [1.82, 2.24) is 0 Å². The summed E-state index contributed by atoms with van der Waals surface area (Å²) in [5.41, 5.74) is 5.03. The molecular weight excluding hydrogens is 553 g/mol. The SMILES string of the molecule is c1ccc2c(-c3ccc4c5ccc(-c6cccc7ccccc67)cc5c5c6ccccc6c6ccccc6c5c4c3)cccc2c1. The molecule has 10 aromatic rings. The summed E-state index contributed by atoms with van der Waals surface area (Å²) in [6, 6.07) is 62.9. The van der Waals surface area contributed by atoms with Gasteiger partial charge in [0.15, 0.2) is 0 Å². The molecule has 0 amide bonds. The van der Waals surface area contributed by atoms with Crippen LogP contribution in [0.25, 0.3) is 97.7 Å². The van der Waals surface area contributed by atoms with E-state index in [9.17, 15) is 0 Å². The Kier molecular flexibility index (Phi) is 5.38. The molecule has 0 spiro atoms. The van der Waals surface area contributed by atoms with E-state index in [0.717, 1.165) is 0 Å². The molecule has 46 heavy (non-hydrogen) atoms. The van der Waals surface area contributed by atoms with E-state index in [1.807, 2.05) is 0 Å². The Labute approximate surface area is 266 Å². The first-order chi connectivity index (χ1) is 22.8. The summed E-state index contributed by atoms with van der Waals surface area (Å²) in [7, 11) is 0. The summed E-state index contributed by atoms with van der Waals surface area (Å²) in [5, 5.41) is 18.1. The van der Waals surface area contributed by atoms with Gasteiger partial charge in [-0.05, 0) is 110 Å². The summed E-state index contributed by atoms with van der Waals surface area (Å²) in [5.74, 6) is 0. The second kappa shape index (κ2) is 9.76. The Bertz CT molecular complexity index is 2650. The highest BCUT2D eigenvalue weighted by Gasteiger charge is 2.18. The maximum atomic E-state index is 2.44. The molecule has 0 bridgehead atoms. The topological polar surface area (TPSA) is 0 Å². The lowest BCUT2D eigenvalue weighted by Crippen LogP contribution is -1.90. The van der Waals surface area contributed by atoms with E-state index >= 15 is 0 Å². The van der Waals surface area contributed by atoms with Crippen molar-refractivity contribution in [1.29, 1.82) is 0 Å². The molecule has 0 heteroatoms. The highest BCUT2D eigenvalue weighted by atomic mass is 14.2. The minimum absolute atomic E-state index is 1.24. The third-order valence-electron chi connectivity index (χ3n) is 10.0. The van der Waals surface area contributed by atoms with Crippen molar-refractivity contribution in [2.45, 2.75) is 0 Å². The van der Waals surface area contributed by atoms with Crippen molar-refractivity contribution < 1.29 is 0 Å². The van der Waals surface area contributed by atoms with Crippen molar-refractivity contribution in [2.75, 3.05) is 0 Å². The molecule has 0 N–H and O–H groups in total. The molecule has 0 saturated carbocycles. The third-order valence-corrected chi connectivity index (χ3v) is 10.0. The van der Waals surface area contributed by atoms with E-state index in [4.69, 9.17) is 0 Å². The molecule has 10 aromatic carbocycles. The predicted octanol–water partition coefficient (Wildman–Crippen LogP) is 13.1. The van der Waals surface area contributed by atoms with Crippen LogP contribution in [0.3, 0.4) is 0 Å². The van der Waals surface area contributed by atoms with E-state index in [1.165, 1.54) is 97.7 Å². The Morgan fingerprint density at radius 3 is 1.02 bits per heavy atom. The number of benzene rings is 10. The first-order valence-corrected chi connectivity index (χ1v) is 16.0. The largest absolute Gasteiger partial charge is 0.0616 e. The maximum absolute atomic E-state index is 2.44. The van der Waals surface area contributed by atoms with E-state index < -0.39 is 0 Å². The first kappa shape index (κ1) is 25.4. The van der Waals surface area contributed by atoms with Gasteiger partial charge < -0.3 is 0 Å². The highest BCUT2D eigenvalue weighted by molar-refractivity contribution is 6.40. The molecule has 0 radical (unpaired) electrons. The van der Waals surface area contributed by atoms with Crippen LogP contribution in [0, 0.1) is 0 Å². The second-order valence-corrected chi connectivity index (χ2v) is 12.4. The monoisotopic (exact) mass is 580 g/mol. The van der Waals surface area contributed by atoms with Crippen LogP contribution in [0.4, 0.5) is 0 Å². The smallest absolute Gasteiger partial charge is 0.00137 e. The Hall–Kier alpha value is -5.98. The van der Waals surface area contributed by atoms with Crippen LogP contribution < -0.4 is 0 Å². The highest BCUT2D eigenvalue weighted by Crippen LogP contribution is 2.46. The Balaban J connectivity index is 1.40. The van der Waals surface area contributed by atoms with Gasteiger partial charge in [-0.3, -0.25) is 0 Å². The molecule has 0 heterocycles. The third kappa shape index (κ3) is 3.62. The second-order valence-electron chi connectivity index (χ2n) is 12.4. The number of rotatable bonds is 2. The number of fused-ring (bicyclic) bond motifs is 13. The van der Waals surface area contributed by atoms with Crippen LogP contribution in [0.5, 0.6) is 0 Å². The van der Waals surface area contributed by atoms with Gasteiger partial charge in [0.2, 0.25) is 0 Å². The average Bonchev–Trinajstić information content (AvgIpc) is 3.13. The van der Waals surface area contributed by atoms with Crippen LogP contribution >= 0.6 is 0 Å². The Morgan fingerprint density at radius 2 is 0.565 bits per heavy atom. The molecule has 0 fully saturated rings. The standard InChI is InChI=1S/C46H28/c1-3-15-33-29(11-1)13-9-21-35(33)31-23-25-39-40-26-24-32(36-22-10-14-30-12-2-4-16-34(30)36)28-44(40)46-42-20-8-6-18-38(42)37-17-5-7-19-41(37)45(46)43(39)27-31/h1-28H. The van der Waals surface area contributed by atoms with E-state index in [1.54, 1.807) is 0 Å². The van der Waals surface area contributed by atoms with Crippen molar-refractivity contribution in [2.24, 2.45) is 0 Å². The summed E-state index contributed by atoms with van der Waals surface area (Å²) in [6.07, 6.45) is 0. The zero-order chi connectivity index (χ0) is 30.2. The fraction of sp³-hybridized carbons (Fsp3) is 0. The molecule has 0 aliphatic rings. The molecule has 212 valence electrons. The van der Waals surface area contributed by atoms with Crippen LogP contribution in [0.2, 0.25) is 0 Å². The summed E-state index contributed by atoms with van der Waals surface area (Å²) < 4.78 is 0. The molecule has 0 saturated heterocycles. The van der Waals surface area contributed by atoms with Crippen LogP contribution in [0.15, 0.2) is 170 Å². The van der Waals surface area contributed by atoms with Crippen LogP contribution in [0.1, 0.15) is 0 Å². The summed E-state index contributed by atoms with van der Waals surface area (Å²) >= 11 is 0. The molecule has 10 rings (SSSR count). The van der Waals surface area contributed by atoms with E-state index in [2.05, 4.69) is 170 Å². The van der Waals surface area contributed by atoms with Crippen molar-refractivity contribution >= 4 is 75.4 Å². The number of hydrogen-bond acceptors (Lipinski definition) is 0. The van der Waals surface area contributed by atoms with Crippen LogP contribution in [-0.4, -0.2) is 0 Å². The minimum Gasteiger partial charge on any atom is -0.0616 e. The van der Waals surface area contributed by atoms with Gasteiger partial charge in [0, 0.05) is 0 Å². The van der Waals surface area contributed by atoms with Gasteiger partial charge in [-0.1, -0.05) is 158 Å². The summed E-state index contributed by atoms with van der Waals surface area (Å²) in [6.45, 7) is 0. The summed E-state index contributed by atoms with van der Waals surface area (Å²) in [4.78, 5) is 0. The van der Waals surface area contributed by atoms with Gasteiger partial charge in [-0.2, -0.15) is 0 Å². The molecule has 0 atom stereocenters. The van der Waals surface area contributed by atoms with E-state index in [0.29, 0.717) is 0 Å². The molecular formula is C46H28. The van der Waals surface area contributed by atoms with Gasteiger partial charge in [-0.25, -0.2) is 0 Å². The van der Waals surface area contributed by atoms with Gasteiger partial charge in [0.25, 0.3) is 0 Å². The average molecular weight is 581 g/mol. The maximum Gasteiger partial charge on any atom is -0.00137 e. The molecule has 0 aromatic heterocycles. The fourth-order valence-corrected chi connectivity index (χ4v) is 7.96. The van der Waals surface area contributed by atoms with Gasteiger partial charge in [0.1, 0.15) is 0 Å². The zero-order valence-electron chi connectivity index (χ0n) is 25.2. The van der Waals surface area contributed by atoms with Gasteiger partial charge in [-0.15, -0.1) is 0 Å². The molecule has 0 aliphatic carbocycles. The van der Waals surface area contributed by atoms with Crippen molar-refractivity contribution in [3.05, 3.63) is 170 Å². The number of hydrogen-bond donors (Lipinski definition) is 0. The lowest BCUT2D eigenvalue weighted by molar-refractivity contribution is 1.68. The van der Waals surface area contributed by atoms with Crippen LogP contribution in [-0.2, 0) is 0 Å². The normalized spacial score (nSPS) is 11.9. The predicted molar refractivity (Wildman–Crippen MR) is 200 cm³/mol. The van der Waals surface area contributed by atoms with Gasteiger partial charge >= 0.3 is 0 Å².